The van der Waals surface area contributed by atoms with E-state index in [4.69, 9.17) is 4.42 Å². The lowest BCUT2D eigenvalue weighted by molar-refractivity contribution is 0.266. The van der Waals surface area contributed by atoms with Crippen molar-refractivity contribution < 1.29 is 4.42 Å². The van der Waals surface area contributed by atoms with Gasteiger partial charge in [-0.25, -0.2) is 0 Å². The number of aromatic nitrogens is 1. The van der Waals surface area contributed by atoms with E-state index in [1.54, 1.807) is 0 Å². The number of hydrogen-bond donors (Lipinski definition) is 0. The number of hydrogen-bond acceptors (Lipinski definition) is 3. The molecular weight excluding hydrogens is 284 g/mol. The summed E-state index contributed by atoms with van der Waals surface area (Å²) in [5.41, 5.74) is 3.38. The van der Waals surface area contributed by atoms with Crippen molar-refractivity contribution in [1.82, 2.24) is 9.88 Å². The average Bonchev–Trinajstić information content (AvgIpc) is 3.18. The Morgan fingerprint density at radius 3 is 2.78 bits per heavy atom. The first-order valence-electron chi connectivity index (χ1n) is 8.46. The van der Waals surface area contributed by atoms with Crippen LogP contribution < -0.4 is 0 Å². The molecule has 3 nitrogen and oxygen atoms in total. The molecule has 0 saturated carbocycles. The maximum Gasteiger partial charge on any atom is 0.134 e. The Labute approximate surface area is 136 Å². The summed E-state index contributed by atoms with van der Waals surface area (Å²) < 4.78 is 6.01. The predicted octanol–water partition coefficient (Wildman–Crippen LogP) is 4.52. The third-order valence-corrected chi connectivity index (χ3v) is 4.92. The van der Waals surface area contributed by atoms with Gasteiger partial charge in [-0.15, -0.1) is 0 Å². The summed E-state index contributed by atoms with van der Waals surface area (Å²) in [6.45, 7) is 4.65. The van der Waals surface area contributed by atoms with E-state index in [0.717, 1.165) is 30.4 Å². The van der Waals surface area contributed by atoms with Crippen LogP contribution in [0.1, 0.15) is 25.5 Å². The third-order valence-electron chi connectivity index (χ3n) is 4.92. The average molecular weight is 306 g/mol. The summed E-state index contributed by atoms with van der Waals surface area (Å²) in [4.78, 5) is 6.65. The highest BCUT2D eigenvalue weighted by atomic mass is 16.3. The highest BCUT2D eigenvalue weighted by Crippen LogP contribution is 2.27. The van der Waals surface area contributed by atoms with Gasteiger partial charge in [-0.2, -0.15) is 0 Å². The van der Waals surface area contributed by atoms with Crippen molar-refractivity contribution in [2.24, 2.45) is 0 Å². The zero-order valence-electron chi connectivity index (χ0n) is 13.5. The predicted molar refractivity (Wildman–Crippen MR) is 93.4 cm³/mol. The molecule has 118 valence electrons. The van der Waals surface area contributed by atoms with Crippen molar-refractivity contribution in [3.8, 4) is 11.1 Å². The first-order chi connectivity index (χ1) is 11.3. The number of furan rings is 1. The Hall–Kier alpha value is -2.13. The third kappa shape index (κ3) is 3.02. The van der Waals surface area contributed by atoms with Gasteiger partial charge in [0.05, 0.1) is 0 Å². The van der Waals surface area contributed by atoms with Crippen LogP contribution in [-0.2, 0) is 6.42 Å². The highest BCUT2D eigenvalue weighted by Gasteiger charge is 2.20. The molecule has 0 unspecified atom stereocenters. The molecule has 1 atom stereocenters. The van der Waals surface area contributed by atoms with E-state index in [0.29, 0.717) is 0 Å². The summed E-state index contributed by atoms with van der Waals surface area (Å²) in [7, 11) is 0. The van der Waals surface area contributed by atoms with E-state index in [2.05, 4.69) is 41.1 Å². The molecule has 0 aliphatic carbocycles. The molecule has 4 rings (SSSR count). The van der Waals surface area contributed by atoms with Crippen LogP contribution in [0, 0.1) is 0 Å². The molecule has 0 spiro atoms. The minimum Gasteiger partial charge on any atom is -0.461 e. The number of likely N-dealkylation sites (tertiary alicyclic amines) is 1. The van der Waals surface area contributed by atoms with E-state index in [-0.39, 0.29) is 0 Å². The molecule has 23 heavy (non-hydrogen) atoms. The fourth-order valence-corrected chi connectivity index (χ4v) is 3.52. The van der Waals surface area contributed by atoms with E-state index in [9.17, 15) is 0 Å². The largest absolute Gasteiger partial charge is 0.461 e. The summed E-state index contributed by atoms with van der Waals surface area (Å²) in [5.74, 6) is 1.09. The monoisotopic (exact) mass is 306 g/mol. The van der Waals surface area contributed by atoms with Gasteiger partial charge in [-0.3, -0.25) is 4.98 Å². The van der Waals surface area contributed by atoms with Gasteiger partial charge in [-0.1, -0.05) is 6.07 Å². The number of pyridine rings is 1. The van der Waals surface area contributed by atoms with Crippen molar-refractivity contribution in [1.29, 1.82) is 0 Å². The number of fused-ring (bicyclic) bond motifs is 1. The number of benzene rings is 1. The van der Waals surface area contributed by atoms with Crippen molar-refractivity contribution in [2.45, 2.75) is 32.2 Å². The number of rotatable bonds is 4. The maximum atomic E-state index is 6.01. The molecule has 2 aromatic heterocycles. The molecule has 1 fully saturated rings. The van der Waals surface area contributed by atoms with Crippen molar-refractivity contribution in [3.05, 3.63) is 54.6 Å². The first kappa shape index (κ1) is 14.5. The van der Waals surface area contributed by atoms with Crippen molar-refractivity contribution in [3.63, 3.8) is 0 Å². The maximum absolute atomic E-state index is 6.01. The second kappa shape index (κ2) is 6.17. The topological polar surface area (TPSA) is 29.3 Å². The number of nitrogens with zero attached hydrogens (tertiary/aromatic N) is 2. The standard InChI is InChI=1S/C20H22N2O/c1-15-3-2-11-22(15)12-8-19-14-18-13-17(4-5-20(18)23-19)16-6-9-21-10-7-16/h4-7,9-10,13-15H,2-3,8,11-12H2,1H3/t15-/m1/s1. The summed E-state index contributed by atoms with van der Waals surface area (Å²) in [5, 5.41) is 1.18. The minimum atomic E-state index is 0.720. The van der Waals surface area contributed by atoms with E-state index in [1.165, 1.54) is 35.9 Å². The van der Waals surface area contributed by atoms with Crippen LogP contribution in [0.4, 0.5) is 0 Å². The zero-order chi connectivity index (χ0) is 15.6. The normalized spacial score (nSPS) is 18.7. The Kier molecular flexibility index (Phi) is 3.88. The van der Waals surface area contributed by atoms with E-state index >= 15 is 0 Å². The van der Waals surface area contributed by atoms with Crippen LogP contribution in [0.3, 0.4) is 0 Å². The highest BCUT2D eigenvalue weighted by molar-refractivity contribution is 5.84. The molecular formula is C20H22N2O. The molecule has 1 saturated heterocycles. The van der Waals surface area contributed by atoms with Gasteiger partial charge in [0, 0.05) is 36.8 Å². The first-order valence-corrected chi connectivity index (χ1v) is 8.46. The van der Waals surface area contributed by atoms with Gasteiger partial charge in [0.1, 0.15) is 11.3 Å². The molecule has 3 heterocycles. The lowest BCUT2D eigenvalue weighted by Gasteiger charge is -2.19. The lowest BCUT2D eigenvalue weighted by Crippen LogP contribution is -2.28. The molecule has 0 amide bonds. The Morgan fingerprint density at radius 2 is 2.00 bits per heavy atom. The van der Waals surface area contributed by atoms with E-state index < -0.39 is 0 Å². The second-order valence-electron chi connectivity index (χ2n) is 6.48. The van der Waals surface area contributed by atoms with Crippen LogP contribution >= 0.6 is 0 Å². The minimum absolute atomic E-state index is 0.720. The van der Waals surface area contributed by atoms with Crippen molar-refractivity contribution in [2.75, 3.05) is 13.1 Å². The smallest absolute Gasteiger partial charge is 0.134 e. The Balaban J connectivity index is 1.54. The van der Waals surface area contributed by atoms with Crippen LogP contribution in [0.25, 0.3) is 22.1 Å². The van der Waals surface area contributed by atoms with Gasteiger partial charge in [0.15, 0.2) is 0 Å². The summed E-state index contributed by atoms with van der Waals surface area (Å²) in [6.07, 6.45) is 7.31. The SMILES string of the molecule is C[C@@H]1CCCN1CCc1cc2cc(-c3ccncc3)ccc2o1. The molecule has 0 N–H and O–H groups in total. The van der Waals surface area contributed by atoms with Gasteiger partial charge < -0.3 is 9.32 Å². The van der Waals surface area contributed by atoms with E-state index in [1.807, 2.05) is 24.5 Å². The fraction of sp³-hybridized carbons (Fsp3) is 0.350. The Morgan fingerprint density at radius 1 is 1.13 bits per heavy atom. The molecule has 1 aliphatic rings. The lowest BCUT2D eigenvalue weighted by atomic mass is 10.1. The Bertz CT molecular complexity index is 794. The molecule has 3 aromatic rings. The quantitative estimate of drug-likeness (QED) is 0.709. The van der Waals surface area contributed by atoms with Gasteiger partial charge in [-0.05, 0) is 67.8 Å². The molecule has 1 aliphatic heterocycles. The zero-order valence-corrected chi connectivity index (χ0v) is 13.5. The molecule has 0 radical (unpaired) electrons. The van der Waals surface area contributed by atoms with Crippen LogP contribution in [0.5, 0.6) is 0 Å². The van der Waals surface area contributed by atoms with Crippen LogP contribution in [0.2, 0.25) is 0 Å². The van der Waals surface area contributed by atoms with Gasteiger partial charge >= 0.3 is 0 Å². The van der Waals surface area contributed by atoms with Crippen molar-refractivity contribution >= 4 is 11.0 Å². The molecule has 3 heteroatoms. The summed E-state index contributed by atoms with van der Waals surface area (Å²) in [6, 6.07) is 13.4. The van der Waals surface area contributed by atoms with Gasteiger partial charge in [0.25, 0.3) is 0 Å². The summed E-state index contributed by atoms with van der Waals surface area (Å²) >= 11 is 0. The second-order valence-corrected chi connectivity index (χ2v) is 6.48. The molecule has 1 aromatic carbocycles. The molecule has 0 bridgehead atoms. The van der Waals surface area contributed by atoms with Gasteiger partial charge in [0.2, 0.25) is 0 Å². The fourth-order valence-electron chi connectivity index (χ4n) is 3.52. The van der Waals surface area contributed by atoms with Crippen LogP contribution in [-0.4, -0.2) is 29.0 Å². The van der Waals surface area contributed by atoms with Crippen LogP contribution in [0.15, 0.2) is 53.2 Å².